The van der Waals surface area contributed by atoms with Gasteiger partial charge in [0, 0.05) is 0 Å². The molecule has 0 bridgehead atoms. The fraction of sp³-hybridized carbons (Fsp3) is 0.857. The number of unbranched alkanes of at least 4 members (excludes halogenated alkanes) is 2. The molecule has 0 aliphatic heterocycles. The van der Waals surface area contributed by atoms with E-state index in [1.807, 2.05) is 6.92 Å². The van der Waals surface area contributed by atoms with E-state index < -0.39 is 6.04 Å². The van der Waals surface area contributed by atoms with Gasteiger partial charge >= 0.3 is 5.97 Å². The first kappa shape index (κ1) is 17.9. The van der Waals surface area contributed by atoms with Crippen LogP contribution in [0.3, 0.4) is 0 Å². The second kappa shape index (κ2) is 10.8. The van der Waals surface area contributed by atoms with Crippen LogP contribution in [0.2, 0.25) is 0 Å². The minimum absolute atomic E-state index is 0.123. The predicted molar refractivity (Wildman–Crippen MR) is 75.8 cm³/mol. The standard InChI is InChI=1S/C14H28N2O3/c1-5-7-9-11(15-3)13(17)16-12(10-8-6-2)14(18)19-4/h11-12,15H,5-10H2,1-4H3,(H,16,17)/t11-,12-/m0/s1. The van der Waals surface area contributed by atoms with Gasteiger partial charge in [0.15, 0.2) is 0 Å². The molecular formula is C14H28N2O3. The molecule has 2 N–H and O–H groups in total. The lowest BCUT2D eigenvalue weighted by atomic mass is 10.1. The van der Waals surface area contributed by atoms with E-state index in [4.69, 9.17) is 4.74 Å². The van der Waals surface area contributed by atoms with E-state index in [1.165, 1.54) is 7.11 Å². The van der Waals surface area contributed by atoms with Crippen molar-refractivity contribution >= 4 is 11.9 Å². The summed E-state index contributed by atoms with van der Waals surface area (Å²) in [4.78, 5) is 23.7. The van der Waals surface area contributed by atoms with Crippen molar-refractivity contribution in [2.45, 2.75) is 64.5 Å². The smallest absolute Gasteiger partial charge is 0.328 e. The van der Waals surface area contributed by atoms with Gasteiger partial charge in [-0.05, 0) is 19.9 Å². The van der Waals surface area contributed by atoms with E-state index in [9.17, 15) is 9.59 Å². The molecule has 0 heterocycles. The van der Waals surface area contributed by atoms with Crippen molar-refractivity contribution in [3.8, 4) is 0 Å². The van der Waals surface area contributed by atoms with Gasteiger partial charge in [0.25, 0.3) is 0 Å². The molecule has 0 unspecified atom stereocenters. The highest BCUT2D eigenvalue weighted by atomic mass is 16.5. The Morgan fingerprint density at radius 2 is 1.58 bits per heavy atom. The van der Waals surface area contributed by atoms with Crippen molar-refractivity contribution in [3.63, 3.8) is 0 Å². The van der Waals surface area contributed by atoms with Crippen molar-refractivity contribution < 1.29 is 14.3 Å². The third-order valence-electron chi connectivity index (χ3n) is 3.16. The Morgan fingerprint density at radius 3 is 2.00 bits per heavy atom. The second-order valence-electron chi connectivity index (χ2n) is 4.71. The maximum atomic E-state index is 12.1. The van der Waals surface area contributed by atoms with Crippen molar-refractivity contribution in [1.29, 1.82) is 0 Å². The van der Waals surface area contributed by atoms with Crippen LogP contribution < -0.4 is 10.6 Å². The van der Waals surface area contributed by atoms with Crippen LogP contribution in [-0.2, 0) is 14.3 Å². The van der Waals surface area contributed by atoms with Gasteiger partial charge in [-0.1, -0.05) is 39.5 Å². The van der Waals surface area contributed by atoms with Gasteiger partial charge in [-0.2, -0.15) is 0 Å². The second-order valence-corrected chi connectivity index (χ2v) is 4.71. The van der Waals surface area contributed by atoms with Crippen molar-refractivity contribution in [1.82, 2.24) is 10.6 Å². The quantitative estimate of drug-likeness (QED) is 0.593. The summed E-state index contributed by atoms with van der Waals surface area (Å²) in [6.45, 7) is 4.14. The lowest BCUT2D eigenvalue weighted by Crippen LogP contribution is -2.49. The van der Waals surface area contributed by atoms with Crippen LogP contribution in [-0.4, -0.2) is 38.1 Å². The minimum atomic E-state index is -0.532. The summed E-state index contributed by atoms with van der Waals surface area (Å²) in [6, 6.07) is -0.774. The van der Waals surface area contributed by atoms with Crippen LogP contribution in [0, 0.1) is 0 Å². The lowest BCUT2D eigenvalue weighted by molar-refractivity contribution is -0.145. The average molecular weight is 272 g/mol. The topological polar surface area (TPSA) is 67.4 Å². The molecule has 0 aromatic rings. The Bertz CT molecular complexity index is 269. The third kappa shape index (κ3) is 7.15. The molecule has 0 saturated carbocycles. The number of hydrogen-bond donors (Lipinski definition) is 2. The van der Waals surface area contributed by atoms with E-state index in [1.54, 1.807) is 7.05 Å². The number of carbonyl (C=O) groups is 2. The molecule has 5 heteroatoms. The molecule has 1 amide bonds. The molecule has 0 aromatic carbocycles. The predicted octanol–water partition coefficient (Wildman–Crippen LogP) is 1.61. The summed E-state index contributed by atoms with van der Waals surface area (Å²) < 4.78 is 4.73. The summed E-state index contributed by atoms with van der Waals surface area (Å²) in [5, 5.41) is 5.78. The van der Waals surface area contributed by atoms with Crippen LogP contribution in [0.25, 0.3) is 0 Å². The Labute approximate surface area is 116 Å². The molecule has 2 atom stereocenters. The molecule has 112 valence electrons. The minimum Gasteiger partial charge on any atom is -0.467 e. The van der Waals surface area contributed by atoms with Gasteiger partial charge in [0.05, 0.1) is 13.2 Å². The molecule has 0 radical (unpaired) electrons. The Morgan fingerprint density at radius 1 is 1.05 bits per heavy atom. The first-order valence-electron chi connectivity index (χ1n) is 7.16. The van der Waals surface area contributed by atoms with Gasteiger partial charge < -0.3 is 15.4 Å². The first-order valence-corrected chi connectivity index (χ1v) is 7.16. The van der Waals surface area contributed by atoms with E-state index in [0.29, 0.717) is 6.42 Å². The third-order valence-corrected chi connectivity index (χ3v) is 3.16. The first-order chi connectivity index (χ1) is 9.10. The highest BCUT2D eigenvalue weighted by Gasteiger charge is 2.24. The fourth-order valence-corrected chi connectivity index (χ4v) is 1.89. The number of ether oxygens (including phenoxy) is 1. The van der Waals surface area contributed by atoms with Crippen LogP contribution >= 0.6 is 0 Å². The summed E-state index contributed by atoms with van der Waals surface area (Å²) in [6.07, 6.45) is 5.30. The zero-order valence-corrected chi connectivity index (χ0v) is 12.6. The Balaban J connectivity index is 4.44. The van der Waals surface area contributed by atoms with Crippen LogP contribution in [0.1, 0.15) is 52.4 Å². The summed E-state index contributed by atoms with van der Waals surface area (Å²) >= 11 is 0. The average Bonchev–Trinajstić information content (AvgIpc) is 2.43. The Kier molecular flexibility index (Phi) is 10.2. The Hall–Kier alpha value is -1.10. The van der Waals surface area contributed by atoms with Gasteiger partial charge in [-0.3, -0.25) is 4.79 Å². The van der Waals surface area contributed by atoms with E-state index >= 15 is 0 Å². The number of rotatable bonds is 10. The molecule has 0 aliphatic rings. The number of methoxy groups -OCH3 is 1. The molecule has 0 aromatic heterocycles. The summed E-state index contributed by atoms with van der Waals surface area (Å²) in [7, 11) is 3.11. The molecule has 0 aliphatic carbocycles. The number of carbonyl (C=O) groups excluding carboxylic acids is 2. The molecule has 0 saturated heterocycles. The van der Waals surface area contributed by atoms with Crippen LogP contribution in [0.5, 0.6) is 0 Å². The largest absolute Gasteiger partial charge is 0.467 e. The number of amides is 1. The maximum Gasteiger partial charge on any atom is 0.328 e. The highest BCUT2D eigenvalue weighted by molar-refractivity contribution is 5.87. The monoisotopic (exact) mass is 272 g/mol. The SMILES string of the molecule is CCCC[C@H](NC)C(=O)N[C@@H](CCCC)C(=O)OC. The zero-order chi connectivity index (χ0) is 14.7. The molecule has 19 heavy (non-hydrogen) atoms. The number of esters is 1. The van der Waals surface area contributed by atoms with E-state index in [0.717, 1.165) is 32.1 Å². The van der Waals surface area contributed by atoms with Gasteiger partial charge in [0.1, 0.15) is 6.04 Å². The fourth-order valence-electron chi connectivity index (χ4n) is 1.89. The lowest BCUT2D eigenvalue weighted by Gasteiger charge is -2.20. The van der Waals surface area contributed by atoms with Crippen LogP contribution in [0.15, 0.2) is 0 Å². The number of nitrogens with one attached hydrogen (secondary N) is 2. The molecular weight excluding hydrogens is 244 g/mol. The van der Waals surface area contributed by atoms with E-state index in [2.05, 4.69) is 17.6 Å². The maximum absolute atomic E-state index is 12.1. The normalized spacial score (nSPS) is 13.7. The van der Waals surface area contributed by atoms with Crippen molar-refractivity contribution in [2.75, 3.05) is 14.2 Å². The molecule has 0 spiro atoms. The summed E-state index contributed by atoms with van der Waals surface area (Å²) in [5.74, 6) is -0.491. The van der Waals surface area contributed by atoms with Gasteiger partial charge in [-0.25, -0.2) is 4.79 Å². The molecule has 5 nitrogen and oxygen atoms in total. The van der Waals surface area contributed by atoms with Gasteiger partial charge in [-0.15, -0.1) is 0 Å². The van der Waals surface area contributed by atoms with E-state index in [-0.39, 0.29) is 17.9 Å². The van der Waals surface area contributed by atoms with Gasteiger partial charge in [0.2, 0.25) is 5.91 Å². The number of likely N-dealkylation sites (N-methyl/N-ethyl adjacent to an activating group) is 1. The molecule has 0 fully saturated rings. The molecule has 0 rings (SSSR count). The zero-order valence-electron chi connectivity index (χ0n) is 12.6. The van der Waals surface area contributed by atoms with Crippen molar-refractivity contribution in [3.05, 3.63) is 0 Å². The summed E-state index contributed by atoms with van der Waals surface area (Å²) in [5.41, 5.74) is 0. The van der Waals surface area contributed by atoms with Crippen LogP contribution in [0.4, 0.5) is 0 Å². The highest BCUT2D eigenvalue weighted by Crippen LogP contribution is 2.05. The number of hydrogen-bond acceptors (Lipinski definition) is 4. The van der Waals surface area contributed by atoms with Crippen molar-refractivity contribution in [2.24, 2.45) is 0 Å².